The number of carbonyl (C=O) groups is 1. The van der Waals surface area contributed by atoms with Crippen molar-refractivity contribution in [3.8, 4) is 0 Å². The molecule has 22 heavy (non-hydrogen) atoms. The molecule has 1 aromatic heterocycles. The topological polar surface area (TPSA) is 54.5 Å². The minimum absolute atomic E-state index is 0.202. The predicted octanol–water partition coefficient (Wildman–Crippen LogP) is 3.24. The molecule has 0 aliphatic carbocycles. The van der Waals surface area contributed by atoms with Crippen LogP contribution in [0.1, 0.15) is 51.5 Å². The van der Waals surface area contributed by atoms with Crippen LogP contribution in [0.2, 0.25) is 0 Å². The molecule has 2 rings (SSSR count). The maximum atomic E-state index is 12.2. The lowest BCUT2D eigenvalue weighted by atomic mass is 10.1. The van der Waals surface area contributed by atoms with Crippen molar-refractivity contribution in [2.75, 3.05) is 19.6 Å². The van der Waals surface area contributed by atoms with Crippen LogP contribution in [0, 0.1) is 0 Å². The fraction of sp³-hybridized carbons (Fsp3) is 0.750. The highest BCUT2D eigenvalue weighted by Crippen LogP contribution is 2.19. The Hall–Kier alpha value is -1.14. The van der Waals surface area contributed by atoms with E-state index in [2.05, 4.69) is 17.2 Å². The van der Waals surface area contributed by atoms with Crippen molar-refractivity contribution >= 4 is 17.4 Å². The van der Waals surface area contributed by atoms with Gasteiger partial charge in [0.05, 0.1) is 5.01 Å². The number of hydrogen-bond acceptors (Lipinski definition) is 5. The van der Waals surface area contributed by atoms with Crippen LogP contribution in [0.15, 0.2) is 11.6 Å². The molecule has 1 fully saturated rings. The van der Waals surface area contributed by atoms with Gasteiger partial charge in [-0.2, -0.15) is 0 Å². The molecule has 5 nitrogen and oxygen atoms in total. The number of likely N-dealkylation sites (tertiary alicyclic amines) is 1. The van der Waals surface area contributed by atoms with Crippen LogP contribution in [0.5, 0.6) is 0 Å². The molecular weight excluding hydrogens is 298 g/mol. The van der Waals surface area contributed by atoms with E-state index in [1.54, 1.807) is 11.3 Å². The van der Waals surface area contributed by atoms with Gasteiger partial charge in [0.2, 0.25) is 0 Å². The Balaban J connectivity index is 1.79. The van der Waals surface area contributed by atoms with Gasteiger partial charge >= 0.3 is 6.09 Å². The van der Waals surface area contributed by atoms with Crippen LogP contribution < -0.4 is 5.32 Å². The third kappa shape index (κ3) is 5.25. The molecule has 2 heterocycles. The maximum absolute atomic E-state index is 12.2. The van der Waals surface area contributed by atoms with Crippen LogP contribution in [-0.2, 0) is 4.74 Å². The summed E-state index contributed by atoms with van der Waals surface area (Å²) in [6.07, 6.45) is 3.76. The van der Waals surface area contributed by atoms with E-state index in [0.717, 1.165) is 37.5 Å². The van der Waals surface area contributed by atoms with Crippen molar-refractivity contribution in [1.82, 2.24) is 15.2 Å². The number of thiazole rings is 1. The quantitative estimate of drug-likeness (QED) is 0.923. The highest BCUT2D eigenvalue weighted by Gasteiger charge is 2.27. The summed E-state index contributed by atoms with van der Waals surface area (Å²) >= 11 is 1.69. The van der Waals surface area contributed by atoms with E-state index in [1.165, 1.54) is 0 Å². The van der Waals surface area contributed by atoms with Crippen molar-refractivity contribution in [2.24, 2.45) is 0 Å². The number of nitrogens with one attached hydrogen (secondary N) is 1. The molecule has 1 saturated heterocycles. The average Bonchev–Trinajstić information content (AvgIpc) is 2.97. The standard InChI is InChI=1S/C16H27N3O2S/c1-12(14-17-7-9-22-14)10-18-13-6-5-8-19(11-13)15(20)21-16(2,3)4/h7,9,12-13,18H,5-6,8,10-11H2,1-4H3. The molecule has 2 atom stereocenters. The van der Waals surface area contributed by atoms with E-state index >= 15 is 0 Å². The largest absolute Gasteiger partial charge is 0.444 e. The fourth-order valence-corrected chi connectivity index (χ4v) is 3.24. The third-order valence-electron chi connectivity index (χ3n) is 3.66. The number of piperidine rings is 1. The van der Waals surface area contributed by atoms with Gasteiger partial charge in [0.25, 0.3) is 0 Å². The molecule has 1 amide bonds. The molecule has 6 heteroatoms. The van der Waals surface area contributed by atoms with Crippen molar-refractivity contribution < 1.29 is 9.53 Å². The molecule has 0 aromatic carbocycles. The number of hydrogen-bond donors (Lipinski definition) is 1. The monoisotopic (exact) mass is 325 g/mol. The lowest BCUT2D eigenvalue weighted by Gasteiger charge is -2.34. The van der Waals surface area contributed by atoms with Gasteiger partial charge < -0.3 is 15.0 Å². The number of rotatable bonds is 4. The number of ether oxygens (including phenoxy) is 1. The molecule has 1 N–H and O–H groups in total. The van der Waals surface area contributed by atoms with Gasteiger partial charge in [-0.25, -0.2) is 9.78 Å². The predicted molar refractivity (Wildman–Crippen MR) is 89.4 cm³/mol. The van der Waals surface area contributed by atoms with Crippen molar-refractivity contribution in [3.05, 3.63) is 16.6 Å². The normalized spacial score (nSPS) is 20.7. The van der Waals surface area contributed by atoms with Crippen LogP contribution in [0.4, 0.5) is 4.79 Å². The van der Waals surface area contributed by atoms with Crippen LogP contribution in [0.3, 0.4) is 0 Å². The molecule has 1 aliphatic rings. The zero-order chi connectivity index (χ0) is 16.2. The summed E-state index contributed by atoms with van der Waals surface area (Å²) in [7, 11) is 0. The summed E-state index contributed by atoms with van der Waals surface area (Å²) in [5, 5.41) is 6.74. The molecule has 1 aromatic rings. The molecule has 0 spiro atoms. The number of amides is 1. The van der Waals surface area contributed by atoms with E-state index in [-0.39, 0.29) is 6.09 Å². The lowest BCUT2D eigenvalue weighted by Crippen LogP contribution is -2.49. The van der Waals surface area contributed by atoms with E-state index in [0.29, 0.717) is 12.0 Å². The Bertz CT molecular complexity index is 470. The lowest BCUT2D eigenvalue weighted by molar-refractivity contribution is 0.0187. The van der Waals surface area contributed by atoms with Gasteiger partial charge in [-0.05, 0) is 33.6 Å². The summed E-state index contributed by atoms with van der Waals surface area (Å²) in [5.74, 6) is 0.400. The molecule has 1 aliphatic heterocycles. The number of carbonyl (C=O) groups excluding carboxylic acids is 1. The van der Waals surface area contributed by atoms with Gasteiger partial charge in [-0.1, -0.05) is 6.92 Å². The first kappa shape index (κ1) is 17.2. The zero-order valence-corrected chi connectivity index (χ0v) is 14.8. The Labute approximate surface area is 137 Å². The van der Waals surface area contributed by atoms with Crippen LogP contribution >= 0.6 is 11.3 Å². The smallest absolute Gasteiger partial charge is 0.410 e. The van der Waals surface area contributed by atoms with Gasteiger partial charge in [0.1, 0.15) is 5.60 Å². The third-order valence-corrected chi connectivity index (χ3v) is 4.67. The second kappa shape index (κ2) is 7.42. The van der Waals surface area contributed by atoms with Gasteiger partial charge in [-0.3, -0.25) is 0 Å². The Morgan fingerprint density at radius 2 is 2.36 bits per heavy atom. The molecular formula is C16H27N3O2S. The Morgan fingerprint density at radius 1 is 1.59 bits per heavy atom. The first-order chi connectivity index (χ1) is 10.3. The second-order valence-electron chi connectivity index (χ2n) is 6.95. The number of nitrogens with zero attached hydrogens (tertiary/aromatic N) is 2. The Kier molecular flexibility index (Phi) is 5.81. The minimum Gasteiger partial charge on any atom is -0.444 e. The minimum atomic E-state index is -0.434. The summed E-state index contributed by atoms with van der Waals surface area (Å²) in [5.41, 5.74) is -0.434. The molecule has 0 bridgehead atoms. The van der Waals surface area contributed by atoms with Crippen molar-refractivity contribution in [1.29, 1.82) is 0 Å². The van der Waals surface area contributed by atoms with E-state index in [9.17, 15) is 4.79 Å². The van der Waals surface area contributed by atoms with Crippen molar-refractivity contribution in [3.63, 3.8) is 0 Å². The molecule has 2 unspecified atom stereocenters. The average molecular weight is 325 g/mol. The van der Waals surface area contributed by atoms with Crippen LogP contribution in [0.25, 0.3) is 0 Å². The number of aromatic nitrogens is 1. The highest BCUT2D eigenvalue weighted by atomic mass is 32.1. The van der Waals surface area contributed by atoms with E-state index in [4.69, 9.17) is 4.74 Å². The van der Waals surface area contributed by atoms with Crippen molar-refractivity contribution in [2.45, 2.75) is 58.1 Å². The van der Waals surface area contributed by atoms with E-state index < -0.39 is 5.60 Å². The van der Waals surface area contributed by atoms with Gasteiger partial charge in [0, 0.05) is 43.2 Å². The zero-order valence-electron chi connectivity index (χ0n) is 14.0. The molecule has 124 valence electrons. The summed E-state index contributed by atoms with van der Waals surface area (Å²) in [6.45, 7) is 10.3. The van der Waals surface area contributed by atoms with Gasteiger partial charge in [-0.15, -0.1) is 11.3 Å². The molecule has 0 radical (unpaired) electrons. The van der Waals surface area contributed by atoms with E-state index in [1.807, 2.05) is 37.2 Å². The van der Waals surface area contributed by atoms with Gasteiger partial charge in [0.15, 0.2) is 0 Å². The van der Waals surface area contributed by atoms with Crippen LogP contribution in [-0.4, -0.2) is 47.3 Å². The summed E-state index contributed by atoms with van der Waals surface area (Å²) < 4.78 is 5.46. The second-order valence-corrected chi connectivity index (χ2v) is 7.87. The summed E-state index contributed by atoms with van der Waals surface area (Å²) in [6, 6.07) is 0.337. The maximum Gasteiger partial charge on any atom is 0.410 e. The molecule has 0 saturated carbocycles. The first-order valence-electron chi connectivity index (χ1n) is 7.96. The summed E-state index contributed by atoms with van der Waals surface area (Å²) in [4.78, 5) is 18.3. The fourth-order valence-electron chi connectivity index (χ4n) is 2.54. The first-order valence-corrected chi connectivity index (χ1v) is 8.84. The highest BCUT2D eigenvalue weighted by molar-refractivity contribution is 7.09. The SMILES string of the molecule is CC(CNC1CCCN(C(=O)OC(C)(C)C)C1)c1nccs1. The Morgan fingerprint density at radius 3 is 3.00 bits per heavy atom.